The van der Waals surface area contributed by atoms with Gasteiger partial charge >= 0.3 is 0 Å². The van der Waals surface area contributed by atoms with E-state index in [-0.39, 0.29) is 0 Å². The van der Waals surface area contributed by atoms with Crippen molar-refractivity contribution in [2.45, 2.75) is 72.1 Å². The van der Waals surface area contributed by atoms with Gasteiger partial charge in [0.15, 0.2) is 0 Å². The van der Waals surface area contributed by atoms with E-state index in [0.717, 1.165) is 18.3 Å². The highest BCUT2D eigenvalue weighted by Crippen LogP contribution is 2.43. The number of fused-ring (bicyclic) bond motifs is 1. The SMILES string of the molecule is CCc1ccc(C(C(C)C)C2CCCCC2)c2ccc(C)cc12. The third-order valence-corrected chi connectivity index (χ3v) is 5.91. The molecule has 2 aromatic rings. The van der Waals surface area contributed by atoms with Crippen molar-refractivity contribution in [1.82, 2.24) is 0 Å². The third-order valence-electron chi connectivity index (χ3n) is 5.91. The minimum Gasteiger partial charge on any atom is -0.0622 e. The Kier molecular flexibility index (Phi) is 5.09. The molecular weight excluding hydrogens is 276 g/mol. The van der Waals surface area contributed by atoms with Crippen molar-refractivity contribution >= 4 is 10.8 Å². The molecule has 0 amide bonds. The van der Waals surface area contributed by atoms with E-state index in [1.54, 1.807) is 5.56 Å². The lowest BCUT2D eigenvalue weighted by atomic mass is 9.70. The van der Waals surface area contributed by atoms with E-state index in [4.69, 9.17) is 0 Å². The second-order valence-corrected chi connectivity index (χ2v) is 7.88. The first kappa shape index (κ1) is 16.6. The molecule has 3 rings (SSSR count). The van der Waals surface area contributed by atoms with Gasteiger partial charge in [-0.25, -0.2) is 0 Å². The molecule has 0 bridgehead atoms. The van der Waals surface area contributed by atoms with E-state index in [0.29, 0.717) is 5.92 Å². The van der Waals surface area contributed by atoms with Crippen LogP contribution in [0.2, 0.25) is 0 Å². The summed E-state index contributed by atoms with van der Waals surface area (Å²) in [6.45, 7) is 9.34. The zero-order chi connectivity index (χ0) is 16.4. The summed E-state index contributed by atoms with van der Waals surface area (Å²) in [4.78, 5) is 0. The van der Waals surface area contributed by atoms with Crippen molar-refractivity contribution in [3.8, 4) is 0 Å². The minimum absolute atomic E-state index is 0.714. The highest BCUT2D eigenvalue weighted by Gasteiger charge is 2.28. The van der Waals surface area contributed by atoms with Gasteiger partial charge in [0.1, 0.15) is 0 Å². The Hall–Kier alpha value is -1.30. The largest absolute Gasteiger partial charge is 0.0622 e. The van der Waals surface area contributed by atoms with Crippen LogP contribution in [0.4, 0.5) is 0 Å². The molecule has 2 aromatic carbocycles. The fraction of sp³-hybridized carbons (Fsp3) is 0.565. The first-order chi connectivity index (χ1) is 11.1. The van der Waals surface area contributed by atoms with Gasteiger partial charge in [-0.2, -0.15) is 0 Å². The van der Waals surface area contributed by atoms with Gasteiger partial charge in [-0.15, -0.1) is 0 Å². The quantitative estimate of drug-likeness (QED) is 0.568. The van der Waals surface area contributed by atoms with Crippen LogP contribution in [0.15, 0.2) is 30.3 Å². The molecule has 124 valence electrons. The van der Waals surface area contributed by atoms with E-state index in [9.17, 15) is 0 Å². The van der Waals surface area contributed by atoms with Gasteiger partial charge in [0, 0.05) is 0 Å². The standard InChI is InChI=1S/C23H32/c1-5-18-12-14-21(20-13-11-17(4)15-22(18)20)23(16(2)3)19-9-7-6-8-10-19/h11-16,19,23H,5-10H2,1-4H3. The Bertz CT molecular complexity index is 659. The van der Waals surface area contributed by atoms with Crippen molar-refractivity contribution in [3.05, 3.63) is 47.0 Å². The maximum Gasteiger partial charge on any atom is -0.0104 e. The van der Waals surface area contributed by atoms with Crippen LogP contribution >= 0.6 is 0 Å². The molecule has 0 N–H and O–H groups in total. The van der Waals surface area contributed by atoms with Crippen LogP contribution in [-0.2, 0) is 6.42 Å². The van der Waals surface area contributed by atoms with Crippen molar-refractivity contribution in [1.29, 1.82) is 0 Å². The molecule has 0 aliphatic heterocycles. The zero-order valence-corrected chi connectivity index (χ0v) is 15.4. The maximum atomic E-state index is 2.45. The Labute approximate surface area is 142 Å². The molecule has 1 aliphatic carbocycles. The molecular formula is C23H32. The van der Waals surface area contributed by atoms with E-state index < -0.39 is 0 Å². The summed E-state index contributed by atoms with van der Waals surface area (Å²) < 4.78 is 0. The molecule has 1 unspecified atom stereocenters. The summed E-state index contributed by atoms with van der Waals surface area (Å²) >= 11 is 0. The molecule has 0 spiro atoms. The van der Waals surface area contributed by atoms with Crippen LogP contribution in [0.3, 0.4) is 0 Å². The molecule has 1 saturated carbocycles. The second kappa shape index (κ2) is 7.07. The summed E-state index contributed by atoms with van der Waals surface area (Å²) in [5, 5.41) is 3.01. The van der Waals surface area contributed by atoms with Gasteiger partial charge in [-0.1, -0.05) is 75.9 Å². The second-order valence-electron chi connectivity index (χ2n) is 7.88. The predicted octanol–water partition coefficient (Wildman–Crippen LogP) is 7.03. The van der Waals surface area contributed by atoms with Crippen molar-refractivity contribution in [3.63, 3.8) is 0 Å². The Morgan fingerprint density at radius 3 is 2.35 bits per heavy atom. The van der Waals surface area contributed by atoms with E-state index in [1.807, 2.05) is 0 Å². The molecule has 0 radical (unpaired) electrons. The average molecular weight is 309 g/mol. The molecule has 0 saturated heterocycles. The molecule has 0 heteroatoms. The van der Waals surface area contributed by atoms with Gasteiger partial charge in [-0.05, 0) is 65.8 Å². The Balaban J connectivity index is 2.12. The minimum atomic E-state index is 0.714. The molecule has 1 atom stereocenters. The fourth-order valence-electron chi connectivity index (χ4n) is 4.80. The number of rotatable bonds is 4. The lowest BCUT2D eigenvalue weighted by molar-refractivity contribution is 0.262. The molecule has 0 aromatic heterocycles. The first-order valence-corrected chi connectivity index (χ1v) is 9.64. The lowest BCUT2D eigenvalue weighted by Gasteiger charge is -2.34. The fourth-order valence-corrected chi connectivity index (χ4v) is 4.80. The lowest BCUT2D eigenvalue weighted by Crippen LogP contribution is -2.21. The monoisotopic (exact) mass is 308 g/mol. The topological polar surface area (TPSA) is 0 Å². The average Bonchev–Trinajstić information content (AvgIpc) is 2.55. The predicted molar refractivity (Wildman–Crippen MR) is 102 cm³/mol. The van der Waals surface area contributed by atoms with Gasteiger partial charge in [0.25, 0.3) is 0 Å². The van der Waals surface area contributed by atoms with E-state index in [2.05, 4.69) is 58.0 Å². The van der Waals surface area contributed by atoms with Gasteiger partial charge in [0.05, 0.1) is 0 Å². The van der Waals surface area contributed by atoms with E-state index >= 15 is 0 Å². The van der Waals surface area contributed by atoms with Crippen LogP contribution in [0.5, 0.6) is 0 Å². The smallest absolute Gasteiger partial charge is 0.0104 e. The van der Waals surface area contributed by atoms with Crippen molar-refractivity contribution in [2.24, 2.45) is 11.8 Å². The highest BCUT2D eigenvalue weighted by molar-refractivity contribution is 5.89. The summed E-state index contributed by atoms with van der Waals surface area (Å²) in [6, 6.07) is 11.9. The van der Waals surface area contributed by atoms with Crippen LogP contribution in [0.25, 0.3) is 10.8 Å². The van der Waals surface area contributed by atoms with Crippen molar-refractivity contribution < 1.29 is 0 Å². The van der Waals surface area contributed by atoms with Crippen molar-refractivity contribution in [2.75, 3.05) is 0 Å². The van der Waals surface area contributed by atoms with Crippen LogP contribution in [0.1, 0.15) is 75.5 Å². The van der Waals surface area contributed by atoms with Gasteiger partial charge < -0.3 is 0 Å². The highest BCUT2D eigenvalue weighted by atomic mass is 14.3. The molecule has 1 aliphatic rings. The zero-order valence-electron chi connectivity index (χ0n) is 15.4. The summed E-state index contributed by atoms with van der Waals surface area (Å²) in [5.41, 5.74) is 4.49. The first-order valence-electron chi connectivity index (χ1n) is 9.64. The number of aryl methyl sites for hydroxylation is 2. The van der Waals surface area contributed by atoms with E-state index in [1.165, 1.54) is 54.0 Å². The normalized spacial score (nSPS) is 17.8. The molecule has 23 heavy (non-hydrogen) atoms. The third kappa shape index (κ3) is 3.32. The Morgan fingerprint density at radius 2 is 1.70 bits per heavy atom. The molecule has 0 heterocycles. The summed E-state index contributed by atoms with van der Waals surface area (Å²) in [5.74, 6) is 2.31. The Morgan fingerprint density at radius 1 is 0.957 bits per heavy atom. The van der Waals surface area contributed by atoms with Gasteiger partial charge in [-0.3, -0.25) is 0 Å². The summed E-state index contributed by atoms with van der Waals surface area (Å²) in [7, 11) is 0. The van der Waals surface area contributed by atoms with Crippen LogP contribution < -0.4 is 0 Å². The van der Waals surface area contributed by atoms with Crippen LogP contribution in [-0.4, -0.2) is 0 Å². The number of benzene rings is 2. The molecule has 1 fully saturated rings. The van der Waals surface area contributed by atoms with Crippen LogP contribution in [0, 0.1) is 18.8 Å². The number of hydrogen-bond acceptors (Lipinski definition) is 0. The number of hydrogen-bond donors (Lipinski definition) is 0. The van der Waals surface area contributed by atoms with Gasteiger partial charge in [0.2, 0.25) is 0 Å². The summed E-state index contributed by atoms with van der Waals surface area (Å²) in [6.07, 6.45) is 8.26. The maximum absolute atomic E-state index is 2.45. The molecule has 0 nitrogen and oxygen atoms in total.